The Balaban J connectivity index is 2.28. The molecule has 0 aliphatic carbocycles. The number of nitrogens with zero attached hydrogens (tertiary/aromatic N) is 1. The number of rotatable bonds is 6. The van der Waals surface area contributed by atoms with Crippen LogP contribution in [0.2, 0.25) is 0 Å². The predicted octanol–water partition coefficient (Wildman–Crippen LogP) is 2.95. The topological polar surface area (TPSA) is 49.8 Å². The first-order chi connectivity index (χ1) is 11.1. The summed E-state index contributed by atoms with van der Waals surface area (Å²) in [4.78, 5) is 14.5. The summed E-state index contributed by atoms with van der Waals surface area (Å²) in [5, 5.41) is 9.33. The number of benzene rings is 2. The molecule has 1 amide bonds. The molecule has 0 aliphatic rings. The number of hydrogen-bond acceptors (Lipinski definition) is 3. The third-order valence-electron chi connectivity index (χ3n) is 3.82. The minimum atomic E-state index is -0.0811. The van der Waals surface area contributed by atoms with E-state index in [9.17, 15) is 9.90 Å². The van der Waals surface area contributed by atoms with E-state index in [1.807, 2.05) is 56.3 Å². The Morgan fingerprint density at radius 3 is 2.57 bits per heavy atom. The lowest BCUT2D eigenvalue weighted by molar-refractivity contribution is 0.0706. The van der Waals surface area contributed by atoms with Crippen molar-refractivity contribution >= 4 is 5.91 Å². The fraction of sp³-hybridized carbons (Fsp3) is 0.316. The van der Waals surface area contributed by atoms with Crippen LogP contribution < -0.4 is 4.74 Å². The van der Waals surface area contributed by atoms with Crippen LogP contribution in [0, 0.1) is 13.8 Å². The summed E-state index contributed by atoms with van der Waals surface area (Å²) in [6, 6.07) is 13.4. The van der Waals surface area contributed by atoms with Gasteiger partial charge in [-0.15, -0.1) is 0 Å². The van der Waals surface area contributed by atoms with Crippen LogP contribution in [0.3, 0.4) is 0 Å². The molecule has 23 heavy (non-hydrogen) atoms. The number of carbonyl (C=O) groups is 1. The zero-order valence-corrected chi connectivity index (χ0v) is 13.9. The molecule has 122 valence electrons. The number of aliphatic hydroxyl groups excluding tert-OH is 1. The number of hydrogen-bond donors (Lipinski definition) is 1. The number of ether oxygens (including phenoxy) is 1. The highest BCUT2D eigenvalue weighted by Gasteiger charge is 2.19. The Morgan fingerprint density at radius 1 is 1.17 bits per heavy atom. The van der Waals surface area contributed by atoms with Gasteiger partial charge in [0.1, 0.15) is 5.75 Å². The van der Waals surface area contributed by atoms with Gasteiger partial charge in [0.25, 0.3) is 5.91 Å². The Morgan fingerprint density at radius 2 is 1.91 bits per heavy atom. The SMILES string of the molecule is COc1ccccc1CN(CCO)C(=O)c1ccc(C)cc1C. The van der Waals surface area contributed by atoms with Crippen LogP contribution in [-0.2, 0) is 6.54 Å². The van der Waals surface area contributed by atoms with E-state index in [0.717, 1.165) is 22.4 Å². The lowest BCUT2D eigenvalue weighted by atomic mass is 10.0. The molecule has 0 saturated carbocycles. The molecule has 0 heterocycles. The Bertz CT molecular complexity index is 682. The molecular weight excluding hydrogens is 290 g/mol. The molecule has 0 fully saturated rings. The summed E-state index contributed by atoms with van der Waals surface area (Å²) in [6.07, 6.45) is 0. The largest absolute Gasteiger partial charge is 0.496 e. The zero-order valence-electron chi connectivity index (χ0n) is 13.9. The maximum Gasteiger partial charge on any atom is 0.254 e. The van der Waals surface area contributed by atoms with Crippen molar-refractivity contribution in [2.24, 2.45) is 0 Å². The van der Waals surface area contributed by atoms with Gasteiger partial charge in [0.2, 0.25) is 0 Å². The molecule has 4 nitrogen and oxygen atoms in total. The van der Waals surface area contributed by atoms with E-state index in [2.05, 4.69) is 0 Å². The number of methoxy groups -OCH3 is 1. The van der Waals surface area contributed by atoms with Crippen LogP contribution in [0.15, 0.2) is 42.5 Å². The van der Waals surface area contributed by atoms with Crippen molar-refractivity contribution in [3.05, 3.63) is 64.7 Å². The molecule has 0 radical (unpaired) electrons. The fourth-order valence-corrected chi connectivity index (χ4v) is 2.64. The highest BCUT2D eigenvalue weighted by atomic mass is 16.5. The van der Waals surface area contributed by atoms with Crippen molar-refractivity contribution in [3.8, 4) is 5.75 Å². The molecule has 4 heteroatoms. The highest BCUT2D eigenvalue weighted by molar-refractivity contribution is 5.95. The average molecular weight is 313 g/mol. The van der Waals surface area contributed by atoms with Gasteiger partial charge >= 0.3 is 0 Å². The van der Waals surface area contributed by atoms with Crippen LogP contribution in [0.5, 0.6) is 5.75 Å². The van der Waals surface area contributed by atoms with E-state index >= 15 is 0 Å². The second kappa shape index (κ2) is 7.79. The average Bonchev–Trinajstić information content (AvgIpc) is 2.54. The summed E-state index contributed by atoms with van der Waals surface area (Å²) in [5.41, 5.74) is 3.65. The molecule has 2 aromatic carbocycles. The maximum atomic E-state index is 12.8. The summed E-state index contributed by atoms with van der Waals surface area (Å²) < 4.78 is 5.35. The number of amides is 1. The second-order valence-electron chi connectivity index (χ2n) is 5.58. The van der Waals surface area contributed by atoms with Crippen molar-refractivity contribution in [2.75, 3.05) is 20.3 Å². The van der Waals surface area contributed by atoms with Gasteiger partial charge in [0.15, 0.2) is 0 Å². The van der Waals surface area contributed by atoms with Crippen molar-refractivity contribution in [2.45, 2.75) is 20.4 Å². The molecule has 0 spiro atoms. The van der Waals surface area contributed by atoms with Crippen LogP contribution in [-0.4, -0.2) is 36.2 Å². The number of aliphatic hydroxyl groups is 1. The molecule has 0 bridgehead atoms. The molecule has 2 rings (SSSR count). The van der Waals surface area contributed by atoms with Crippen molar-refractivity contribution in [1.29, 1.82) is 0 Å². The van der Waals surface area contributed by atoms with Gasteiger partial charge in [-0.2, -0.15) is 0 Å². The first-order valence-electron chi connectivity index (χ1n) is 7.66. The van der Waals surface area contributed by atoms with E-state index in [1.165, 1.54) is 0 Å². The maximum absolute atomic E-state index is 12.8. The van der Waals surface area contributed by atoms with E-state index in [4.69, 9.17) is 4.74 Å². The van der Waals surface area contributed by atoms with Gasteiger partial charge in [0, 0.05) is 24.2 Å². The monoisotopic (exact) mass is 313 g/mol. The minimum Gasteiger partial charge on any atom is -0.496 e. The summed E-state index contributed by atoms with van der Waals surface area (Å²) in [6.45, 7) is 4.54. The summed E-state index contributed by atoms with van der Waals surface area (Å²) in [5.74, 6) is 0.659. The Labute approximate surface area is 137 Å². The lowest BCUT2D eigenvalue weighted by Gasteiger charge is -2.24. The van der Waals surface area contributed by atoms with Crippen LogP contribution >= 0.6 is 0 Å². The Hall–Kier alpha value is -2.33. The number of carbonyl (C=O) groups excluding carboxylic acids is 1. The minimum absolute atomic E-state index is 0.0776. The molecular formula is C19H23NO3. The van der Waals surface area contributed by atoms with E-state index in [0.29, 0.717) is 12.1 Å². The summed E-state index contributed by atoms with van der Waals surface area (Å²) in [7, 11) is 1.61. The molecule has 1 N–H and O–H groups in total. The molecule has 0 saturated heterocycles. The second-order valence-corrected chi connectivity index (χ2v) is 5.58. The first-order valence-corrected chi connectivity index (χ1v) is 7.66. The summed E-state index contributed by atoms with van der Waals surface area (Å²) >= 11 is 0. The first kappa shape index (κ1) is 17.0. The van der Waals surface area contributed by atoms with Gasteiger partial charge in [-0.25, -0.2) is 0 Å². The number of aryl methyl sites for hydroxylation is 2. The van der Waals surface area contributed by atoms with Crippen LogP contribution in [0.25, 0.3) is 0 Å². The lowest BCUT2D eigenvalue weighted by Crippen LogP contribution is -2.33. The smallest absolute Gasteiger partial charge is 0.254 e. The van der Waals surface area contributed by atoms with Gasteiger partial charge in [0.05, 0.1) is 13.7 Å². The zero-order chi connectivity index (χ0) is 16.8. The van der Waals surface area contributed by atoms with E-state index in [1.54, 1.807) is 12.0 Å². The van der Waals surface area contributed by atoms with Gasteiger partial charge in [-0.3, -0.25) is 4.79 Å². The third kappa shape index (κ3) is 4.11. The van der Waals surface area contributed by atoms with E-state index < -0.39 is 0 Å². The third-order valence-corrected chi connectivity index (χ3v) is 3.82. The van der Waals surface area contributed by atoms with Crippen molar-refractivity contribution in [3.63, 3.8) is 0 Å². The van der Waals surface area contributed by atoms with Crippen LogP contribution in [0.1, 0.15) is 27.0 Å². The van der Waals surface area contributed by atoms with Crippen LogP contribution in [0.4, 0.5) is 0 Å². The van der Waals surface area contributed by atoms with Gasteiger partial charge in [-0.05, 0) is 31.5 Å². The molecule has 2 aromatic rings. The standard InChI is InChI=1S/C19H23NO3/c1-14-8-9-17(15(2)12-14)19(22)20(10-11-21)13-16-6-4-5-7-18(16)23-3/h4-9,12,21H,10-11,13H2,1-3H3. The van der Waals surface area contributed by atoms with Crippen molar-refractivity contribution in [1.82, 2.24) is 4.90 Å². The quantitative estimate of drug-likeness (QED) is 0.892. The van der Waals surface area contributed by atoms with E-state index in [-0.39, 0.29) is 19.1 Å². The molecule has 0 aromatic heterocycles. The normalized spacial score (nSPS) is 10.4. The molecule has 0 atom stereocenters. The fourth-order valence-electron chi connectivity index (χ4n) is 2.64. The van der Waals surface area contributed by atoms with Gasteiger partial charge in [-0.1, -0.05) is 35.9 Å². The highest BCUT2D eigenvalue weighted by Crippen LogP contribution is 2.21. The molecule has 0 unspecified atom stereocenters. The molecule has 0 aliphatic heterocycles. The predicted molar refractivity (Wildman–Crippen MR) is 90.7 cm³/mol. The van der Waals surface area contributed by atoms with Crippen molar-refractivity contribution < 1.29 is 14.6 Å². The number of para-hydroxylation sites is 1. The van der Waals surface area contributed by atoms with Gasteiger partial charge < -0.3 is 14.7 Å². The Kier molecular flexibility index (Phi) is 5.77.